The summed E-state index contributed by atoms with van der Waals surface area (Å²) in [5.74, 6) is -1.58. The van der Waals surface area contributed by atoms with Crippen LogP contribution in [0.2, 0.25) is 5.02 Å². The lowest BCUT2D eigenvalue weighted by atomic mass is 9.74. The molecule has 0 aromatic heterocycles. The normalized spacial score (nSPS) is 22.5. The fourth-order valence-electron chi connectivity index (χ4n) is 3.64. The summed E-state index contributed by atoms with van der Waals surface area (Å²) in [5, 5.41) is 0.439. The standard InChI is InChI=1S/C21H28ClNO5/c1-7-27-19(25)17-15(21(4,5)6)18(24)16(13-9-8-10-14(22)11-13)23(17)20(26)28-12(2)3/h8-12,15-17H,7H2,1-6H3/t15-,16+,17+/m1/s1. The summed E-state index contributed by atoms with van der Waals surface area (Å²) >= 11 is 6.12. The number of hydrogen-bond acceptors (Lipinski definition) is 5. The molecule has 1 saturated heterocycles. The van der Waals surface area contributed by atoms with E-state index in [9.17, 15) is 14.4 Å². The number of amides is 1. The van der Waals surface area contributed by atoms with Crippen molar-refractivity contribution < 1.29 is 23.9 Å². The zero-order chi connectivity index (χ0) is 21.2. The number of ether oxygens (including phenoxy) is 2. The van der Waals surface area contributed by atoms with Gasteiger partial charge in [0.2, 0.25) is 0 Å². The first-order valence-corrected chi connectivity index (χ1v) is 9.81. The minimum Gasteiger partial charge on any atom is -0.464 e. The van der Waals surface area contributed by atoms with Crippen LogP contribution in [0.15, 0.2) is 24.3 Å². The molecule has 1 aliphatic rings. The Morgan fingerprint density at radius 1 is 1.25 bits per heavy atom. The third-order valence-electron chi connectivity index (χ3n) is 4.64. The van der Waals surface area contributed by atoms with Gasteiger partial charge < -0.3 is 9.47 Å². The van der Waals surface area contributed by atoms with Gasteiger partial charge in [-0.25, -0.2) is 9.59 Å². The highest BCUT2D eigenvalue weighted by Crippen LogP contribution is 2.46. The summed E-state index contributed by atoms with van der Waals surface area (Å²) in [4.78, 5) is 40.5. The van der Waals surface area contributed by atoms with Crippen LogP contribution in [0.3, 0.4) is 0 Å². The molecular weight excluding hydrogens is 382 g/mol. The average molecular weight is 410 g/mol. The maximum absolute atomic E-state index is 13.5. The average Bonchev–Trinajstić information content (AvgIpc) is 2.88. The second-order valence-corrected chi connectivity index (χ2v) is 8.68. The Balaban J connectivity index is 2.64. The Labute approximate surface area is 171 Å². The second-order valence-electron chi connectivity index (χ2n) is 8.24. The number of halogens is 1. The van der Waals surface area contributed by atoms with Gasteiger partial charge in [0.1, 0.15) is 12.1 Å². The van der Waals surface area contributed by atoms with E-state index < -0.39 is 41.6 Å². The Bertz CT molecular complexity index is 755. The maximum Gasteiger partial charge on any atom is 0.411 e. The molecule has 0 N–H and O–H groups in total. The van der Waals surface area contributed by atoms with Crippen molar-refractivity contribution in [2.24, 2.45) is 11.3 Å². The van der Waals surface area contributed by atoms with E-state index in [1.807, 2.05) is 20.8 Å². The zero-order valence-corrected chi connectivity index (χ0v) is 17.9. The second kappa shape index (κ2) is 8.52. The number of hydrogen-bond donors (Lipinski definition) is 0. The van der Waals surface area contributed by atoms with Crippen molar-refractivity contribution in [3.63, 3.8) is 0 Å². The summed E-state index contributed by atoms with van der Waals surface area (Å²) in [6.07, 6.45) is -1.13. The van der Waals surface area contributed by atoms with E-state index in [4.69, 9.17) is 21.1 Å². The van der Waals surface area contributed by atoms with Crippen molar-refractivity contribution in [1.29, 1.82) is 0 Å². The van der Waals surface area contributed by atoms with Gasteiger partial charge in [0.15, 0.2) is 5.78 Å². The van der Waals surface area contributed by atoms with Crippen molar-refractivity contribution >= 4 is 29.4 Å². The molecule has 0 radical (unpaired) electrons. The van der Waals surface area contributed by atoms with E-state index in [0.717, 1.165) is 0 Å². The predicted molar refractivity (Wildman–Crippen MR) is 106 cm³/mol. The van der Waals surface area contributed by atoms with E-state index >= 15 is 0 Å². The molecule has 1 aromatic rings. The quantitative estimate of drug-likeness (QED) is 0.689. The molecule has 1 fully saturated rings. The molecule has 2 rings (SSSR count). The summed E-state index contributed by atoms with van der Waals surface area (Å²) in [5.41, 5.74) is -0.0303. The van der Waals surface area contributed by atoms with Crippen molar-refractivity contribution in [2.75, 3.05) is 6.61 Å². The van der Waals surface area contributed by atoms with Crippen molar-refractivity contribution in [3.8, 4) is 0 Å². The molecular formula is C21H28ClNO5. The highest BCUT2D eigenvalue weighted by Gasteiger charge is 2.59. The molecule has 1 amide bonds. The van der Waals surface area contributed by atoms with Gasteiger partial charge in [-0.1, -0.05) is 44.5 Å². The van der Waals surface area contributed by atoms with Gasteiger partial charge in [-0.15, -0.1) is 0 Å². The first-order chi connectivity index (χ1) is 13.0. The molecule has 3 atom stereocenters. The molecule has 0 saturated carbocycles. The zero-order valence-electron chi connectivity index (χ0n) is 17.2. The highest BCUT2D eigenvalue weighted by molar-refractivity contribution is 6.30. The molecule has 0 unspecified atom stereocenters. The fraction of sp³-hybridized carbons (Fsp3) is 0.571. The molecule has 1 aliphatic heterocycles. The number of Topliss-reactive ketones (excluding diaryl/α,β-unsaturated/α-hetero) is 1. The van der Waals surface area contributed by atoms with Crippen molar-refractivity contribution in [3.05, 3.63) is 34.9 Å². The monoisotopic (exact) mass is 409 g/mol. The molecule has 7 heteroatoms. The van der Waals surface area contributed by atoms with Crippen LogP contribution in [0, 0.1) is 11.3 Å². The van der Waals surface area contributed by atoms with E-state index in [0.29, 0.717) is 10.6 Å². The smallest absolute Gasteiger partial charge is 0.411 e. The molecule has 0 aliphatic carbocycles. The number of likely N-dealkylation sites (tertiary alicyclic amines) is 1. The van der Waals surface area contributed by atoms with Crippen LogP contribution < -0.4 is 0 Å². The highest BCUT2D eigenvalue weighted by atomic mass is 35.5. The van der Waals surface area contributed by atoms with E-state index in [1.54, 1.807) is 45.0 Å². The van der Waals surface area contributed by atoms with E-state index in [-0.39, 0.29) is 12.4 Å². The third kappa shape index (κ3) is 4.49. The molecule has 0 spiro atoms. The maximum atomic E-state index is 13.5. The summed E-state index contributed by atoms with van der Waals surface area (Å²) in [7, 11) is 0. The summed E-state index contributed by atoms with van der Waals surface area (Å²) < 4.78 is 10.6. The van der Waals surface area contributed by atoms with Crippen LogP contribution in [0.5, 0.6) is 0 Å². The van der Waals surface area contributed by atoms with Crippen molar-refractivity contribution in [2.45, 2.75) is 59.7 Å². The van der Waals surface area contributed by atoms with Crippen LogP contribution in [-0.2, 0) is 19.1 Å². The summed E-state index contributed by atoms with van der Waals surface area (Å²) in [6, 6.07) is 4.71. The Kier molecular flexibility index (Phi) is 6.75. The minimum absolute atomic E-state index is 0.148. The third-order valence-corrected chi connectivity index (χ3v) is 4.88. The van der Waals surface area contributed by atoms with Crippen LogP contribution in [-0.4, -0.2) is 41.5 Å². The van der Waals surface area contributed by atoms with Crippen LogP contribution >= 0.6 is 11.6 Å². The van der Waals surface area contributed by atoms with Gasteiger partial charge in [-0.05, 0) is 43.9 Å². The number of esters is 1. The topological polar surface area (TPSA) is 72.9 Å². The van der Waals surface area contributed by atoms with Gasteiger partial charge in [-0.3, -0.25) is 9.69 Å². The predicted octanol–water partition coefficient (Wildman–Crippen LogP) is 4.40. The Morgan fingerprint density at radius 3 is 2.39 bits per heavy atom. The number of benzene rings is 1. The minimum atomic E-state index is -1.07. The number of ketones is 1. The number of carbonyl (C=O) groups excluding carboxylic acids is 3. The van der Waals surface area contributed by atoms with Crippen molar-refractivity contribution in [1.82, 2.24) is 4.90 Å². The number of carbonyl (C=O) groups is 3. The summed E-state index contributed by atoms with van der Waals surface area (Å²) in [6.45, 7) is 10.9. The van der Waals surface area contributed by atoms with Gasteiger partial charge in [0, 0.05) is 5.02 Å². The molecule has 28 heavy (non-hydrogen) atoms. The van der Waals surface area contributed by atoms with Crippen LogP contribution in [0.25, 0.3) is 0 Å². The lowest BCUT2D eigenvalue weighted by molar-refractivity contribution is -0.151. The molecule has 0 bridgehead atoms. The van der Waals surface area contributed by atoms with Crippen LogP contribution in [0.4, 0.5) is 4.79 Å². The Hall–Kier alpha value is -2.08. The van der Waals surface area contributed by atoms with E-state index in [2.05, 4.69) is 0 Å². The van der Waals surface area contributed by atoms with Gasteiger partial charge in [0.25, 0.3) is 0 Å². The first-order valence-electron chi connectivity index (χ1n) is 9.43. The lowest BCUT2D eigenvalue weighted by Crippen LogP contribution is -2.48. The van der Waals surface area contributed by atoms with Crippen LogP contribution in [0.1, 0.15) is 53.1 Å². The molecule has 1 aromatic carbocycles. The SMILES string of the molecule is CCOC(=O)[C@@H]1[C@@H](C(C)(C)C)C(=O)[C@H](c2cccc(Cl)c2)N1C(=O)OC(C)C. The number of nitrogens with zero attached hydrogens (tertiary/aromatic N) is 1. The largest absolute Gasteiger partial charge is 0.464 e. The van der Waals surface area contributed by atoms with Gasteiger partial charge >= 0.3 is 12.1 Å². The molecule has 6 nitrogen and oxygen atoms in total. The molecule has 1 heterocycles. The van der Waals surface area contributed by atoms with Gasteiger partial charge in [0.05, 0.1) is 18.6 Å². The lowest BCUT2D eigenvalue weighted by Gasteiger charge is -2.32. The van der Waals surface area contributed by atoms with Gasteiger partial charge in [-0.2, -0.15) is 0 Å². The fourth-order valence-corrected chi connectivity index (χ4v) is 3.84. The van der Waals surface area contributed by atoms with E-state index in [1.165, 1.54) is 4.90 Å². The first kappa shape index (κ1) is 22.2. The number of rotatable bonds is 4. The Morgan fingerprint density at radius 2 is 1.89 bits per heavy atom. The molecule has 154 valence electrons.